The van der Waals surface area contributed by atoms with Crippen molar-refractivity contribution >= 4 is 12.7 Å². The lowest BCUT2D eigenvalue weighted by Gasteiger charge is -1.93. The molecule has 1 heterocycles. The van der Waals surface area contributed by atoms with Crippen molar-refractivity contribution in [2.24, 2.45) is 4.99 Å². The van der Waals surface area contributed by atoms with E-state index < -0.39 is 0 Å². The maximum absolute atomic E-state index is 10.7. The van der Waals surface area contributed by atoms with Crippen LogP contribution >= 0.6 is 0 Å². The highest BCUT2D eigenvalue weighted by molar-refractivity contribution is 5.72. The van der Waals surface area contributed by atoms with Gasteiger partial charge < -0.3 is 14.1 Å². The van der Waals surface area contributed by atoms with Crippen molar-refractivity contribution in [2.75, 3.05) is 13.7 Å². The molecule has 0 amide bonds. The van der Waals surface area contributed by atoms with E-state index in [4.69, 9.17) is 4.42 Å². The van der Waals surface area contributed by atoms with Crippen LogP contribution in [0.4, 0.5) is 0 Å². The Labute approximate surface area is 90.0 Å². The van der Waals surface area contributed by atoms with Crippen molar-refractivity contribution in [3.63, 3.8) is 0 Å². The van der Waals surface area contributed by atoms with Crippen LogP contribution in [-0.4, -0.2) is 26.3 Å². The van der Waals surface area contributed by atoms with Crippen LogP contribution in [0.3, 0.4) is 0 Å². The van der Waals surface area contributed by atoms with E-state index in [2.05, 4.69) is 16.4 Å². The van der Waals surface area contributed by atoms with Crippen LogP contribution in [0.5, 0.6) is 0 Å². The third-order valence-electron chi connectivity index (χ3n) is 1.58. The van der Waals surface area contributed by atoms with Gasteiger partial charge in [0.25, 0.3) is 0 Å². The Morgan fingerprint density at radius 1 is 1.67 bits per heavy atom. The molecule has 0 spiro atoms. The van der Waals surface area contributed by atoms with Gasteiger partial charge in [-0.15, -0.1) is 0 Å². The first-order valence-corrected chi connectivity index (χ1v) is 4.67. The minimum atomic E-state index is -0.245. The summed E-state index contributed by atoms with van der Waals surface area (Å²) >= 11 is 0. The van der Waals surface area contributed by atoms with Crippen molar-refractivity contribution in [2.45, 2.75) is 20.3 Å². The monoisotopic (exact) mass is 211 g/mol. The lowest BCUT2D eigenvalue weighted by atomic mass is 10.2. The maximum atomic E-state index is 10.7. The van der Waals surface area contributed by atoms with Gasteiger partial charge in [-0.25, -0.2) is 0 Å². The van der Waals surface area contributed by atoms with Crippen LogP contribution in [0.15, 0.2) is 21.7 Å². The van der Waals surface area contributed by atoms with Crippen LogP contribution in [-0.2, 0) is 16.0 Å². The summed E-state index contributed by atoms with van der Waals surface area (Å²) < 4.78 is 9.48. The Bertz CT molecular complexity index is 305. The average molecular weight is 211 g/mol. The molecule has 0 radical (unpaired) electrons. The Morgan fingerprint density at radius 2 is 2.27 bits per heavy atom. The van der Waals surface area contributed by atoms with E-state index in [0.717, 1.165) is 17.9 Å². The third kappa shape index (κ3) is 6.49. The van der Waals surface area contributed by atoms with Gasteiger partial charge in [0.15, 0.2) is 0 Å². The Morgan fingerprint density at radius 3 is 2.60 bits per heavy atom. The van der Waals surface area contributed by atoms with Gasteiger partial charge in [0.05, 0.1) is 19.8 Å². The molecule has 0 unspecified atom stereocenters. The first kappa shape index (κ1) is 13.4. The Balaban J connectivity index is 0.000000423. The minimum absolute atomic E-state index is 0.245. The Kier molecular flexibility index (Phi) is 6.97. The standard InChI is InChI=1S/C8H10O3.C3H7N/c1-6-3-7(5-11-6)4-8(9)10-2;1-3-4-2/h3,5H,4H2,1-2H3;2-3H2,1H3. The van der Waals surface area contributed by atoms with Gasteiger partial charge >= 0.3 is 5.97 Å². The van der Waals surface area contributed by atoms with Crippen LogP contribution in [0.1, 0.15) is 18.2 Å². The Hall–Kier alpha value is -1.58. The van der Waals surface area contributed by atoms with E-state index in [-0.39, 0.29) is 12.4 Å². The van der Waals surface area contributed by atoms with Gasteiger partial charge in [0.2, 0.25) is 0 Å². The molecule has 4 nitrogen and oxygen atoms in total. The first-order chi connectivity index (χ1) is 7.13. The largest absolute Gasteiger partial charge is 0.469 e. The number of furan rings is 1. The summed E-state index contributed by atoms with van der Waals surface area (Å²) in [5.41, 5.74) is 0.856. The summed E-state index contributed by atoms with van der Waals surface area (Å²) in [5.74, 6) is 0.565. The highest BCUT2D eigenvalue weighted by atomic mass is 16.5. The van der Waals surface area contributed by atoms with Gasteiger partial charge in [-0.05, 0) is 26.6 Å². The fourth-order valence-electron chi connectivity index (χ4n) is 0.829. The number of aryl methyl sites for hydroxylation is 1. The van der Waals surface area contributed by atoms with Crippen molar-refractivity contribution in [3.05, 3.63) is 23.7 Å². The molecule has 0 aliphatic rings. The van der Waals surface area contributed by atoms with Crippen molar-refractivity contribution < 1.29 is 13.9 Å². The molecule has 0 aliphatic heterocycles. The summed E-state index contributed by atoms with van der Waals surface area (Å²) in [5, 5.41) is 0. The molecule has 0 aliphatic carbocycles. The number of methoxy groups -OCH3 is 1. The normalized spacial score (nSPS) is 8.73. The topological polar surface area (TPSA) is 51.8 Å². The van der Waals surface area contributed by atoms with Crippen LogP contribution < -0.4 is 0 Å². The van der Waals surface area contributed by atoms with E-state index in [1.54, 1.807) is 6.26 Å². The first-order valence-electron chi connectivity index (χ1n) is 4.67. The third-order valence-corrected chi connectivity index (χ3v) is 1.58. The predicted octanol–water partition coefficient (Wildman–Crippen LogP) is 2.01. The van der Waals surface area contributed by atoms with E-state index in [1.807, 2.05) is 19.9 Å². The molecule has 1 aromatic heterocycles. The number of rotatable bonds is 3. The number of esters is 1. The fourth-order valence-corrected chi connectivity index (χ4v) is 0.829. The number of nitrogens with zero attached hydrogens (tertiary/aromatic N) is 1. The molecule has 4 heteroatoms. The van der Waals surface area contributed by atoms with E-state index in [1.165, 1.54) is 7.11 Å². The van der Waals surface area contributed by atoms with Gasteiger partial charge in [-0.2, -0.15) is 0 Å². The predicted molar refractivity (Wildman–Crippen MR) is 59.3 cm³/mol. The molecule has 84 valence electrons. The van der Waals surface area contributed by atoms with Crippen molar-refractivity contribution in [3.8, 4) is 0 Å². The van der Waals surface area contributed by atoms with Crippen molar-refractivity contribution in [1.29, 1.82) is 0 Å². The van der Waals surface area contributed by atoms with Gasteiger partial charge in [-0.1, -0.05) is 0 Å². The summed E-state index contributed by atoms with van der Waals surface area (Å²) in [6, 6.07) is 1.82. The second-order valence-electron chi connectivity index (χ2n) is 2.86. The molecule has 0 saturated heterocycles. The van der Waals surface area contributed by atoms with Crippen molar-refractivity contribution in [1.82, 2.24) is 0 Å². The second kappa shape index (κ2) is 7.79. The zero-order chi connectivity index (χ0) is 11.7. The van der Waals surface area contributed by atoms with Crippen LogP contribution in [0, 0.1) is 6.92 Å². The zero-order valence-corrected chi connectivity index (χ0v) is 9.45. The molecule has 0 N–H and O–H groups in total. The summed E-state index contributed by atoms with van der Waals surface area (Å²) in [6.45, 7) is 7.85. The van der Waals surface area contributed by atoms with Gasteiger partial charge in [0, 0.05) is 12.1 Å². The SMILES string of the molecule is C=NCC.COC(=O)Cc1coc(C)c1. The van der Waals surface area contributed by atoms with Crippen LogP contribution in [0.2, 0.25) is 0 Å². The number of aliphatic imine (C=N–C) groups is 1. The molecule has 0 atom stereocenters. The summed E-state index contributed by atoms with van der Waals surface area (Å²) in [6.07, 6.45) is 1.85. The smallest absolute Gasteiger partial charge is 0.310 e. The highest BCUT2D eigenvalue weighted by Gasteiger charge is 2.04. The van der Waals surface area contributed by atoms with E-state index in [9.17, 15) is 4.79 Å². The van der Waals surface area contributed by atoms with E-state index >= 15 is 0 Å². The average Bonchev–Trinajstić information content (AvgIpc) is 2.64. The maximum Gasteiger partial charge on any atom is 0.310 e. The fraction of sp³-hybridized carbons (Fsp3) is 0.455. The second-order valence-corrected chi connectivity index (χ2v) is 2.86. The summed E-state index contributed by atoms with van der Waals surface area (Å²) in [7, 11) is 1.37. The number of carbonyl (C=O) groups is 1. The molecule has 0 saturated carbocycles. The number of hydrogen-bond acceptors (Lipinski definition) is 4. The number of hydrogen-bond donors (Lipinski definition) is 0. The number of ether oxygens (including phenoxy) is 1. The summed E-state index contributed by atoms with van der Waals surface area (Å²) in [4.78, 5) is 14.2. The van der Waals surface area contributed by atoms with E-state index in [0.29, 0.717) is 0 Å². The quantitative estimate of drug-likeness (QED) is 0.567. The molecule has 0 aromatic carbocycles. The molecular weight excluding hydrogens is 194 g/mol. The zero-order valence-electron chi connectivity index (χ0n) is 9.45. The minimum Gasteiger partial charge on any atom is -0.469 e. The lowest BCUT2D eigenvalue weighted by molar-refractivity contribution is -0.139. The lowest BCUT2D eigenvalue weighted by Crippen LogP contribution is -2.03. The molecule has 0 fully saturated rings. The van der Waals surface area contributed by atoms with Gasteiger partial charge in [0.1, 0.15) is 5.76 Å². The molecule has 1 rings (SSSR count). The molecule has 15 heavy (non-hydrogen) atoms. The molecular formula is C11H17NO3. The van der Waals surface area contributed by atoms with Gasteiger partial charge in [-0.3, -0.25) is 4.79 Å². The number of carbonyl (C=O) groups excluding carboxylic acids is 1. The molecule has 1 aromatic rings. The highest BCUT2D eigenvalue weighted by Crippen LogP contribution is 2.06. The van der Waals surface area contributed by atoms with Crippen LogP contribution in [0.25, 0.3) is 0 Å². The molecule has 0 bridgehead atoms.